The van der Waals surface area contributed by atoms with Crippen LogP contribution in [0.2, 0.25) is 0 Å². The second kappa shape index (κ2) is 9.41. The Balaban J connectivity index is 1.63. The number of anilines is 1. The van der Waals surface area contributed by atoms with E-state index >= 15 is 0 Å². The van der Waals surface area contributed by atoms with Crippen LogP contribution in [-0.2, 0) is 0 Å². The summed E-state index contributed by atoms with van der Waals surface area (Å²) in [7, 11) is 0. The van der Waals surface area contributed by atoms with E-state index in [0.717, 1.165) is 41.7 Å². The van der Waals surface area contributed by atoms with Crippen LogP contribution >= 0.6 is 0 Å². The highest BCUT2D eigenvalue weighted by Gasteiger charge is 2.43. The van der Waals surface area contributed by atoms with Crippen molar-refractivity contribution >= 4 is 22.6 Å². The zero-order valence-corrected chi connectivity index (χ0v) is 20.3. The Labute approximate surface area is 205 Å². The Morgan fingerprint density at radius 1 is 0.914 bits per heavy atom. The van der Waals surface area contributed by atoms with Gasteiger partial charge in [-0.2, -0.15) is 0 Å². The zero-order chi connectivity index (χ0) is 24.5. The lowest BCUT2D eigenvalue weighted by molar-refractivity contribution is 0.0971. The Morgan fingerprint density at radius 3 is 2.34 bits per heavy atom. The molecule has 0 fully saturated rings. The van der Waals surface area contributed by atoms with Gasteiger partial charge in [-0.25, -0.2) is 0 Å². The number of hydrogen-bond acceptors (Lipinski definition) is 4. The lowest BCUT2D eigenvalue weighted by atomic mass is 9.97. The molecular weight excluding hydrogens is 438 g/mol. The van der Waals surface area contributed by atoms with Gasteiger partial charge in [0, 0.05) is 5.69 Å². The fourth-order valence-corrected chi connectivity index (χ4v) is 4.69. The van der Waals surface area contributed by atoms with Gasteiger partial charge in [-0.3, -0.25) is 14.5 Å². The molecule has 178 valence electrons. The molecule has 0 N–H and O–H groups in total. The maximum Gasteiger partial charge on any atom is 0.295 e. The molecule has 5 heteroatoms. The highest BCUT2D eigenvalue weighted by atomic mass is 16.5. The largest absolute Gasteiger partial charge is 0.494 e. The maximum atomic E-state index is 13.8. The van der Waals surface area contributed by atoms with E-state index in [1.165, 1.54) is 0 Å². The van der Waals surface area contributed by atoms with E-state index in [9.17, 15) is 9.59 Å². The third-order valence-electron chi connectivity index (χ3n) is 6.73. The molecule has 2 heterocycles. The number of aryl methyl sites for hydroxylation is 2. The van der Waals surface area contributed by atoms with Gasteiger partial charge in [-0.05, 0) is 73.4 Å². The van der Waals surface area contributed by atoms with Gasteiger partial charge in [-0.1, -0.05) is 50.1 Å². The van der Waals surface area contributed by atoms with Crippen molar-refractivity contribution in [2.45, 2.75) is 46.1 Å². The van der Waals surface area contributed by atoms with E-state index in [0.29, 0.717) is 28.8 Å². The number of para-hydroxylation sites is 1. The minimum Gasteiger partial charge on any atom is -0.494 e. The summed E-state index contributed by atoms with van der Waals surface area (Å²) >= 11 is 0. The highest BCUT2D eigenvalue weighted by molar-refractivity contribution is 6.10. The number of carbonyl (C=O) groups is 1. The van der Waals surface area contributed by atoms with E-state index < -0.39 is 6.04 Å². The van der Waals surface area contributed by atoms with Gasteiger partial charge in [0.15, 0.2) is 5.43 Å². The summed E-state index contributed by atoms with van der Waals surface area (Å²) in [5.41, 5.74) is 4.22. The Bertz CT molecular complexity index is 1440. The quantitative estimate of drug-likeness (QED) is 0.283. The Hall–Kier alpha value is -3.86. The molecule has 5 rings (SSSR count). The normalized spacial score (nSPS) is 15.0. The van der Waals surface area contributed by atoms with E-state index in [-0.39, 0.29) is 17.1 Å². The minimum atomic E-state index is -0.587. The first-order valence-electron chi connectivity index (χ1n) is 12.2. The van der Waals surface area contributed by atoms with Crippen LogP contribution in [0.1, 0.15) is 65.0 Å². The molecule has 0 radical (unpaired) electrons. The number of carbonyl (C=O) groups excluding carboxylic acids is 1. The molecule has 1 unspecified atom stereocenters. The topological polar surface area (TPSA) is 59.8 Å². The van der Waals surface area contributed by atoms with Gasteiger partial charge in [0.1, 0.15) is 11.3 Å². The molecule has 1 amide bonds. The van der Waals surface area contributed by atoms with E-state index in [2.05, 4.69) is 6.92 Å². The number of unbranched alkanes of at least 4 members (excludes halogenated alkanes) is 2. The van der Waals surface area contributed by atoms with Crippen LogP contribution in [0.15, 0.2) is 75.9 Å². The molecule has 4 aromatic rings. The molecule has 0 spiro atoms. The van der Waals surface area contributed by atoms with Crippen molar-refractivity contribution < 1.29 is 13.9 Å². The van der Waals surface area contributed by atoms with Crippen molar-refractivity contribution in [1.29, 1.82) is 0 Å². The van der Waals surface area contributed by atoms with Gasteiger partial charge in [0.2, 0.25) is 5.76 Å². The predicted octanol–water partition coefficient (Wildman–Crippen LogP) is 6.73. The van der Waals surface area contributed by atoms with E-state index in [1.807, 2.05) is 80.6 Å². The minimum absolute atomic E-state index is 0.111. The van der Waals surface area contributed by atoms with Crippen molar-refractivity contribution in [2.24, 2.45) is 0 Å². The second-order valence-electron chi connectivity index (χ2n) is 9.14. The average Bonchev–Trinajstić information content (AvgIpc) is 3.16. The van der Waals surface area contributed by atoms with Crippen molar-refractivity contribution in [3.63, 3.8) is 0 Å². The number of nitrogens with zero attached hydrogens (tertiary/aromatic N) is 1. The third kappa shape index (κ3) is 4.12. The molecule has 5 nitrogen and oxygen atoms in total. The summed E-state index contributed by atoms with van der Waals surface area (Å²) in [5, 5.41) is 0.496. The molecule has 0 saturated heterocycles. The van der Waals surface area contributed by atoms with Crippen molar-refractivity contribution in [1.82, 2.24) is 0 Å². The molecule has 3 aromatic carbocycles. The van der Waals surface area contributed by atoms with Crippen LogP contribution in [0, 0.1) is 13.8 Å². The first-order chi connectivity index (χ1) is 17.0. The number of fused-ring (bicyclic) bond motifs is 2. The molecule has 0 saturated carbocycles. The summed E-state index contributed by atoms with van der Waals surface area (Å²) in [6.45, 7) is 6.77. The van der Waals surface area contributed by atoms with Gasteiger partial charge in [-0.15, -0.1) is 0 Å². The van der Waals surface area contributed by atoms with Gasteiger partial charge in [0.25, 0.3) is 5.91 Å². The fourth-order valence-electron chi connectivity index (χ4n) is 4.69. The molecule has 1 aliphatic rings. The smallest absolute Gasteiger partial charge is 0.295 e. The zero-order valence-electron chi connectivity index (χ0n) is 20.3. The van der Waals surface area contributed by atoms with Crippen LogP contribution in [-0.4, -0.2) is 12.5 Å². The number of ether oxygens (including phenoxy) is 1. The third-order valence-corrected chi connectivity index (χ3v) is 6.73. The van der Waals surface area contributed by atoms with E-state index in [1.54, 1.807) is 4.90 Å². The first kappa shape index (κ1) is 22.9. The molecule has 35 heavy (non-hydrogen) atoms. The molecule has 1 aliphatic heterocycles. The van der Waals surface area contributed by atoms with Crippen LogP contribution in [0.4, 0.5) is 5.69 Å². The maximum absolute atomic E-state index is 13.8. The lowest BCUT2D eigenvalue weighted by Crippen LogP contribution is -2.29. The predicted molar refractivity (Wildman–Crippen MR) is 139 cm³/mol. The SMILES string of the molecule is CCCCCOc1ccc(C2c3c(oc4cc(C)c(C)cc4c3=O)C(=O)N2c2ccccc2)cc1. The Morgan fingerprint density at radius 2 is 1.63 bits per heavy atom. The molecule has 0 aliphatic carbocycles. The van der Waals surface area contributed by atoms with E-state index in [4.69, 9.17) is 9.15 Å². The highest BCUT2D eigenvalue weighted by Crippen LogP contribution is 2.41. The number of rotatable bonds is 7. The summed E-state index contributed by atoms with van der Waals surface area (Å²) in [5.74, 6) is 0.574. The van der Waals surface area contributed by atoms with Gasteiger partial charge < -0.3 is 9.15 Å². The van der Waals surface area contributed by atoms with Crippen LogP contribution < -0.4 is 15.1 Å². The molecular formula is C30H29NO4. The van der Waals surface area contributed by atoms with Crippen LogP contribution in [0.3, 0.4) is 0 Å². The van der Waals surface area contributed by atoms with Crippen LogP contribution in [0.25, 0.3) is 11.0 Å². The summed E-state index contributed by atoms with van der Waals surface area (Å²) in [6.07, 6.45) is 3.29. The van der Waals surface area contributed by atoms with Gasteiger partial charge >= 0.3 is 0 Å². The number of hydrogen-bond donors (Lipinski definition) is 0. The standard InChI is InChI=1S/C30H29NO4/c1-4-5-9-16-34-23-14-12-21(13-15-23)27-26-28(32)24-17-19(2)20(3)18-25(24)35-29(26)30(33)31(27)22-10-7-6-8-11-22/h6-8,10-15,17-18,27H,4-5,9,16H2,1-3H3. The average molecular weight is 468 g/mol. The molecule has 1 atom stereocenters. The summed E-state index contributed by atoms with van der Waals surface area (Å²) in [4.78, 5) is 29.1. The first-order valence-corrected chi connectivity index (χ1v) is 12.2. The molecule has 0 bridgehead atoms. The molecule has 1 aromatic heterocycles. The monoisotopic (exact) mass is 467 g/mol. The van der Waals surface area contributed by atoms with Crippen molar-refractivity contribution in [3.05, 3.63) is 105 Å². The fraction of sp³-hybridized carbons (Fsp3) is 0.267. The van der Waals surface area contributed by atoms with Crippen molar-refractivity contribution in [3.8, 4) is 5.75 Å². The van der Waals surface area contributed by atoms with Crippen molar-refractivity contribution in [2.75, 3.05) is 11.5 Å². The summed E-state index contributed by atoms with van der Waals surface area (Å²) < 4.78 is 12.0. The second-order valence-corrected chi connectivity index (χ2v) is 9.14. The lowest BCUT2D eigenvalue weighted by Gasteiger charge is -2.25. The Kier molecular flexibility index (Phi) is 6.16. The number of amides is 1. The van der Waals surface area contributed by atoms with Gasteiger partial charge in [0.05, 0.1) is 23.6 Å². The van der Waals surface area contributed by atoms with Crippen LogP contribution in [0.5, 0.6) is 5.75 Å². The number of benzene rings is 3. The summed E-state index contributed by atoms with van der Waals surface area (Å²) in [6, 6.07) is 20.2.